The van der Waals surface area contributed by atoms with Gasteiger partial charge in [-0.25, -0.2) is 0 Å². The summed E-state index contributed by atoms with van der Waals surface area (Å²) in [4.78, 5) is 25.7. The zero-order chi connectivity index (χ0) is 19.1. The van der Waals surface area contributed by atoms with E-state index in [9.17, 15) is 9.59 Å². The normalized spacial score (nSPS) is 11.6. The van der Waals surface area contributed by atoms with Crippen LogP contribution in [0.25, 0.3) is 0 Å². The van der Waals surface area contributed by atoms with Crippen LogP contribution in [0, 0.1) is 0 Å². The van der Waals surface area contributed by atoms with Gasteiger partial charge in [0.15, 0.2) is 0 Å². The van der Waals surface area contributed by atoms with Gasteiger partial charge < -0.3 is 10.6 Å². The molecule has 0 saturated carbocycles. The molecule has 0 bridgehead atoms. The summed E-state index contributed by atoms with van der Waals surface area (Å²) < 4.78 is 0. The van der Waals surface area contributed by atoms with E-state index in [4.69, 9.17) is 0 Å². The van der Waals surface area contributed by atoms with E-state index >= 15 is 0 Å². The number of anilines is 1. The quantitative estimate of drug-likeness (QED) is 0.569. The molecule has 2 aromatic carbocycles. The number of rotatable bonds is 7. The molecule has 0 aliphatic carbocycles. The minimum Gasteiger partial charge on any atom is -0.344 e. The second kappa shape index (κ2) is 9.39. The summed E-state index contributed by atoms with van der Waals surface area (Å²) in [5, 5.41) is 7.88. The highest BCUT2D eigenvalue weighted by Gasteiger charge is 2.17. The second-order valence-electron chi connectivity index (χ2n) is 5.92. The Labute approximate surface area is 167 Å². The number of hydrogen-bond donors (Lipinski definition) is 2. The van der Waals surface area contributed by atoms with Gasteiger partial charge in [0, 0.05) is 22.4 Å². The molecule has 138 valence electrons. The van der Waals surface area contributed by atoms with Gasteiger partial charge in [0.25, 0.3) is 0 Å². The van der Waals surface area contributed by atoms with Gasteiger partial charge in [-0.1, -0.05) is 36.4 Å². The highest BCUT2D eigenvalue weighted by Crippen LogP contribution is 2.26. The summed E-state index contributed by atoms with van der Waals surface area (Å²) in [6.07, 6.45) is 0. The van der Waals surface area contributed by atoms with E-state index in [0.29, 0.717) is 5.75 Å². The molecule has 1 heterocycles. The first-order valence-electron chi connectivity index (χ1n) is 8.50. The Balaban J connectivity index is 1.61. The van der Waals surface area contributed by atoms with E-state index in [0.717, 1.165) is 21.0 Å². The van der Waals surface area contributed by atoms with Crippen molar-refractivity contribution in [3.63, 3.8) is 0 Å². The van der Waals surface area contributed by atoms with Crippen molar-refractivity contribution in [3.8, 4) is 0 Å². The van der Waals surface area contributed by atoms with Crippen molar-refractivity contribution < 1.29 is 9.59 Å². The number of benzene rings is 2. The minimum absolute atomic E-state index is 0.0202. The van der Waals surface area contributed by atoms with Gasteiger partial charge in [-0.2, -0.15) is 0 Å². The van der Waals surface area contributed by atoms with Crippen LogP contribution in [0.5, 0.6) is 0 Å². The fraction of sp³-hybridized carbons (Fsp3) is 0.143. The van der Waals surface area contributed by atoms with Gasteiger partial charge in [-0.15, -0.1) is 23.1 Å². The Kier molecular flexibility index (Phi) is 6.68. The summed E-state index contributed by atoms with van der Waals surface area (Å²) in [6, 6.07) is 21.3. The maximum atomic E-state index is 12.5. The number of carbonyl (C=O) groups is 2. The lowest BCUT2D eigenvalue weighted by Crippen LogP contribution is -2.30. The number of amides is 2. The van der Waals surface area contributed by atoms with Gasteiger partial charge in [0.05, 0.1) is 11.8 Å². The lowest BCUT2D eigenvalue weighted by molar-refractivity contribution is -0.119. The molecule has 3 rings (SSSR count). The molecule has 1 atom stereocenters. The largest absolute Gasteiger partial charge is 0.344 e. The molecule has 27 heavy (non-hydrogen) atoms. The monoisotopic (exact) mass is 396 g/mol. The van der Waals surface area contributed by atoms with Crippen molar-refractivity contribution in [1.29, 1.82) is 0 Å². The lowest BCUT2D eigenvalue weighted by Gasteiger charge is -2.18. The Morgan fingerprint density at radius 3 is 2.37 bits per heavy atom. The lowest BCUT2D eigenvalue weighted by atomic mass is 10.1. The molecule has 0 saturated heterocycles. The molecular weight excluding hydrogens is 376 g/mol. The fourth-order valence-electron chi connectivity index (χ4n) is 2.61. The van der Waals surface area contributed by atoms with Crippen LogP contribution in [0.2, 0.25) is 0 Å². The summed E-state index contributed by atoms with van der Waals surface area (Å²) in [5.74, 6) is 0.206. The Bertz CT molecular complexity index is 878. The Morgan fingerprint density at radius 1 is 1.00 bits per heavy atom. The van der Waals surface area contributed by atoms with Gasteiger partial charge in [0.2, 0.25) is 11.8 Å². The predicted octanol–water partition coefficient (Wildman–Crippen LogP) is 4.70. The number of carbonyl (C=O) groups excluding carboxylic acids is 2. The number of hydrogen-bond acceptors (Lipinski definition) is 4. The molecule has 1 aromatic heterocycles. The molecule has 0 aliphatic rings. The third-order valence-electron chi connectivity index (χ3n) is 3.81. The summed E-state index contributed by atoms with van der Waals surface area (Å²) in [7, 11) is 0. The van der Waals surface area contributed by atoms with Crippen molar-refractivity contribution in [1.82, 2.24) is 5.32 Å². The van der Waals surface area contributed by atoms with E-state index in [1.165, 1.54) is 18.7 Å². The average molecular weight is 397 g/mol. The van der Waals surface area contributed by atoms with Crippen LogP contribution in [-0.4, -0.2) is 17.6 Å². The highest BCUT2D eigenvalue weighted by molar-refractivity contribution is 8.00. The fourth-order valence-corrected chi connectivity index (χ4v) is 4.12. The van der Waals surface area contributed by atoms with Gasteiger partial charge >= 0.3 is 0 Å². The molecule has 0 aliphatic heterocycles. The number of nitrogens with one attached hydrogen (secondary N) is 2. The van der Waals surface area contributed by atoms with E-state index in [2.05, 4.69) is 10.6 Å². The first-order chi connectivity index (χ1) is 13.1. The standard InChI is InChI=1S/C21H20N2O2S2/c1-15(24)22-17-9-11-18(12-10-17)27-14-20(25)23-21(19-8-5-13-26-19)16-6-3-2-4-7-16/h2-13,21H,14H2,1H3,(H,22,24)(H,23,25). The molecule has 1 unspecified atom stereocenters. The number of thiophene rings is 1. The van der Waals surface area contributed by atoms with Gasteiger partial charge in [0.1, 0.15) is 0 Å². The zero-order valence-electron chi connectivity index (χ0n) is 14.8. The zero-order valence-corrected chi connectivity index (χ0v) is 16.5. The Hall–Kier alpha value is -2.57. The highest BCUT2D eigenvalue weighted by atomic mass is 32.2. The average Bonchev–Trinajstić information content (AvgIpc) is 3.20. The van der Waals surface area contributed by atoms with E-state index in [-0.39, 0.29) is 17.9 Å². The SMILES string of the molecule is CC(=O)Nc1ccc(SCC(=O)NC(c2ccccc2)c2cccs2)cc1. The first kappa shape index (κ1) is 19.2. The van der Waals surface area contributed by atoms with Crippen LogP contribution < -0.4 is 10.6 Å². The van der Waals surface area contributed by atoms with Gasteiger partial charge in [-0.05, 0) is 41.3 Å². The van der Waals surface area contributed by atoms with Crippen LogP contribution in [0.1, 0.15) is 23.4 Å². The molecule has 0 fully saturated rings. The number of thioether (sulfide) groups is 1. The van der Waals surface area contributed by atoms with E-state index < -0.39 is 0 Å². The summed E-state index contributed by atoms with van der Waals surface area (Å²) in [6.45, 7) is 1.48. The second-order valence-corrected chi connectivity index (χ2v) is 7.95. The smallest absolute Gasteiger partial charge is 0.231 e. The van der Waals surface area contributed by atoms with E-state index in [1.54, 1.807) is 11.3 Å². The molecular formula is C21H20N2O2S2. The van der Waals surface area contributed by atoms with Crippen LogP contribution in [-0.2, 0) is 9.59 Å². The van der Waals surface area contributed by atoms with Crippen molar-refractivity contribution in [2.24, 2.45) is 0 Å². The topological polar surface area (TPSA) is 58.2 Å². The van der Waals surface area contributed by atoms with E-state index in [1.807, 2.05) is 72.1 Å². The van der Waals surface area contributed by atoms with Gasteiger partial charge in [-0.3, -0.25) is 9.59 Å². The van der Waals surface area contributed by atoms with Crippen molar-refractivity contribution in [3.05, 3.63) is 82.6 Å². The first-order valence-corrected chi connectivity index (χ1v) is 10.4. The summed E-state index contributed by atoms with van der Waals surface area (Å²) in [5.41, 5.74) is 1.82. The van der Waals surface area contributed by atoms with Crippen molar-refractivity contribution in [2.45, 2.75) is 17.9 Å². The van der Waals surface area contributed by atoms with Crippen molar-refractivity contribution in [2.75, 3.05) is 11.1 Å². The summed E-state index contributed by atoms with van der Waals surface area (Å²) >= 11 is 3.10. The van der Waals surface area contributed by atoms with Crippen LogP contribution in [0.15, 0.2) is 77.0 Å². The minimum atomic E-state index is -0.138. The molecule has 2 N–H and O–H groups in total. The molecule has 2 amide bonds. The van der Waals surface area contributed by atoms with Crippen LogP contribution in [0.3, 0.4) is 0 Å². The predicted molar refractivity (Wildman–Crippen MR) is 112 cm³/mol. The Morgan fingerprint density at radius 2 is 1.74 bits per heavy atom. The molecule has 4 nitrogen and oxygen atoms in total. The maximum absolute atomic E-state index is 12.5. The molecule has 0 radical (unpaired) electrons. The maximum Gasteiger partial charge on any atom is 0.231 e. The van der Waals surface area contributed by atoms with Crippen molar-refractivity contribution >= 4 is 40.6 Å². The van der Waals surface area contributed by atoms with Crippen LogP contribution in [0.4, 0.5) is 5.69 Å². The molecule has 3 aromatic rings. The van der Waals surface area contributed by atoms with Crippen LogP contribution >= 0.6 is 23.1 Å². The molecule has 6 heteroatoms. The third kappa shape index (κ3) is 5.70. The molecule has 0 spiro atoms. The third-order valence-corrected chi connectivity index (χ3v) is 5.76.